The van der Waals surface area contributed by atoms with Crippen LogP contribution in [-0.4, -0.2) is 41.1 Å². The van der Waals surface area contributed by atoms with Gasteiger partial charge in [-0.1, -0.05) is 19.1 Å². The van der Waals surface area contributed by atoms with Crippen LogP contribution in [0.25, 0.3) is 11.0 Å². The first-order valence-electron chi connectivity index (χ1n) is 8.11. The summed E-state index contributed by atoms with van der Waals surface area (Å²) in [6.07, 6.45) is 2.45. The maximum Gasteiger partial charge on any atom is 0.123 e. The lowest BCUT2D eigenvalue weighted by atomic mass is 10.1. The van der Waals surface area contributed by atoms with E-state index in [1.807, 2.05) is 0 Å². The highest BCUT2D eigenvalue weighted by molar-refractivity contribution is 5.75. The van der Waals surface area contributed by atoms with E-state index < -0.39 is 0 Å². The lowest BCUT2D eigenvalue weighted by Crippen LogP contribution is -2.26. The molecule has 0 aliphatic carbocycles. The Hall–Kier alpha value is -1.39. The minimum atomic E-state index is 0.791. The molecule has 4 heteroatoms. The zero-order valence-electron chi connectivity index (χ0n) is 13.2. The predicted octanol–water partition coefficient (Wildman–Crippen LogP) is 2.49. The van der Waals surface area contributed by atoms with E-state index in [1.165, 1.54) is 30.9 Å². The van der Waals surface area contributed by atoms with Crippen molar-refractivity contribution in [3.8, 4) is 0 Å². The van der Waals surface area contributed by atoms with Crippen LogP contribution in [0, 0.1) is 5.92 Å². The van der Waals surface area contributed by atoms with Crippen LogP contribution < -0.4 is 5.32 Å². The van der Waals surface area contributed by atoms with Crippen LogP contribution >= 0.6 is 0 Å². The van der Waals surface area contributed by atoms with Crippen LogP contribution in [0.4, 0.5) is 0 Å². The van der Waals surface area contributed by atoms with Crippen LogP contribution in [0.5, 0.6) is 0 Å². The molecule has 114 valence electrons. The molecular formula is C17H26N4. The summed E-state index contributed by atoms with van der Waals surface area (Å²) in [4.78, 5) is 7.22. The van der Waals surface area contributed by atoms with Crippen LogP contribution in [0.2, 0.25) is 0 Å². The number of aryl methyl sites for hydroxylation is 1. The maximum absolute atomic E-state index is 4.80. The first-order chi connectivity index (χ1) is 10.3. The Labute approximate surface area is 127 Å². The maximum atomic E-state index is 4.80. The zero-order chi connectivity index (χ0) is 14.7. The average Bonchev–Trinajstić information content (AvgIpc) is 3.04. The Morgan fingerprint density at radius 1 is 1.33 bits per heavy atom. The highest BCUT2D eigenvalue weighted by Crippen LogP contribution is 2.17. The molecule has 1 saturated heterocycles. The Morgan fingerprint density at radius 2 is 2.19 bits per heavy atom. The van der Waals surface area contributed by atoms with Gasteiger partial charge in [0.2, 0.25) is 0 Å². The summed E-state index contributed by atoms with van der Waals surface area (Å²) in [6.45, 7) is 7.69. The van der Waals surface area contributed by atoms with Crippen molar-refractivity contribution in [3.63, 3.8) is 0 Å². The van der Waals surface area contributed by atoms with Crippen molar-refractivity contribution in [3.05, 3.63) is 30.1 Å². The van der Waals surface area contributed by atoms with Crippen molar-refractivity contribution in [1.82, 2.24) is 19.8 Å². The Kier molecular flexibility index (Phi) is 4.56. The SMILES string of the molecule is CCCn1c(CNCC2CCN(C)C2)nc2ccccc21. The Balaban J connectivity index is 1.66. The van der Waals surface area contributed by atoms with Gasteiger partial charge in [-0.2, -0.15) is 0 Å². The number of hydrogen-bond acceptors (Lipinski definition) is 3. The first kappa shape index (κ1) is 14.5. The lowest BCUT2D eigenvalue weighted by molar-refractivity contribution is 0.387. The third kappa shape index (κ3) is 3.27. The fourth-order valence-electron chi connectivity index (χ4n) is 3.31. The molecule has 1 fully saturated rings. The molecule has 1 N–H and O–H groups in total. The number of benzene rings is 1. The highest BCUT2D eigenvalue weighted by atomic mass is 15.1. The normalized spacial score (nSPS) is 19.6. The van der Waals surface area contributed by atoms with Crippen molar-refractivity contribution < 1.29 is 0 Å². The summed E-state index contributed by atoms with van der Waals surface area (Å²) in [6, 6.07) is 8.45. The molecule has 2 aromatic rings. The topological polar surface area (TPSA) is 33.1 Å². The summed E-state index contributed by atoms with van der Waals surface area (Å²) in [7, 11) is 2.21. The van der Waals surface area contributed by atoms with Crippen molar-refractivity contribution in [2.75, 3.05) is 26.7 Å². The van der Waals surface area contributed by atoms with E-state index in [9.17, 15) is 0 Å². The number of aromatic nitrogens is 2. The van der Waals surface area contributed by atoms with Crippen molar-refractivity contribution in [2.24, 2.45) is 5.92 Å². The third-order valence-corrected chi connectivity index (χ3v) is 4.39. The molecule has 1 aromatic heterocycles. The van der Waals surface area contributed by atoms with Crippen LogP contribution in [0.1, 0.15) is 25.6 Å². The van der Waals surface area contributed by atoms with Crippen LogP contribution in [0.15, 0.2) is 24.3 Å². The van der Waals surface area contributed by atoms with Crippen molar-refractivity contribution in [2.45, 2.75) is 32.9 Å². The minimum absolute atomic E-state index is 0.791. The molecule has 0 radical (unpaired) electrons. The molecule has 1 aromatic carbocycles. The van der Waals surface area contributed by atoms with Crippen LogP contribution in [0.3, 0.4) is 0 Å². The van der Waals surface area contributed by atoms with Gasteiger partial charge in [0.15, 0.2) is 0 Å². The van der Waals surface area contributed by atoms with Gasteiger partial charge in [-0.15, -0.1) is 0 Å². The summed E-state index contributed by atoms with van der Waals surface area (Å²) in [5.74, 6) is 1.96. The lowest BCUT2D eigenvalue weighted by Gasteiger charge is -2.12. The molecule has 0 amide bonds. The van der Waals surface area contributed by atoms with Crippen molar-refractivity contribution >= 4 is 11.0 Å². The summed E-state index contributed by atoms with van der Waals surface area (Å²) >= 11 is 0. The monoisotopic (exact) mass is 286 g/mol. The van der Waals surface area contributed by atoms with E-state index in [0.717, 1.165) is 37.5 Å². The largest absolute Gasteiger partial charge is 0.327 e. The second-order valence-corrected chi connectivity index (χ2v) is 6.22. The molecule has 1 aliphatic rings. The van der Waals surface area contributed by atoms with E-state index >= 15 is 0 Å². The fraction of sp³-hybridized carbons (Fsp3) is 0.588. The second kappa shape index (κ2) is 6.58. The number of imidazole rings is 1. The summed E-state index contributed by atoms with van der Waals surface area (Å²) in [5.41, 5.74) is 2.38. The van der Waals surface area contributed by atoms with Gasteiger partial charge in [0.1, 0.15) is 5.82 Å². The third-order valence-electron chi connectivity index (χ3n) is 4.39. The van der Waals surface area contributed by atoms with Gasteiger partial charge in [-0.25, -0.2) is 4.98 Å². The average molecular weight is 286 g/mol. The quantitative estimate of drug-likeness (QED) is 0.885. The smallest absolute Gasteiger partial charge is 0.123 e. The Bertz CT molecular complexity index is 589. The van der Waals surface area contributed by atoms with Gasteiger partial charge in [0.25, 0.3) is 0 Å². The van der Waals surface area contributed by atoms with Gasteiger partial charge in [-0.05, 0) is 51.0 Å². The molecule has 1 aliphatic heterocycles. The molecule has 0 bridgehead atoms. The molecule has 0 spiro atoms. The van der Waals surface area contributed by atoms with Gasteiger partial charge in [0.05, 0.1) is 17.6 Å². The molecule has 3 rings (SSSR count). The summed E-state index contributed by atoms with van der Waals surface area (Å²) in [5, 5.41) is 3.61. The van der Waals surface area contributed by atoms with Gasteiger partial charge in [0, 0.05) is 13.1 Å². The molecule has 1 unspecified atom stereocenters. The molecule has 21 heavy (non-hydrogen) atoms. The van der Waals surface area contributed by atoms with E-state index in [1.54, 1.807) is 0 Å². The van der Waals surface area contributed by atoms with Crippen LogP contribution in [-0.2, 0) is 13.1 Å². The number of nitrogens with one attached hydrogen (secondary N) is 1. The predicted molar refractivity (Wildman–Crippen MR) is 87.3 cm³/mol. The standard InChI is InChI=1S/C17H26N4/c1-3-9-21-16-7-5-4-6-15(16)19-17(21)12-18-11-14-8-10-20(2)13-14/h4-7,14,18H,3,8-13H2,1-2H3. The first-order valence-corrected chi connectivity index (χ1v) is 8.11. The number of fused-ring (bicyclic) bond motifs is 1. The van der Waals surface area contributed by atoms with Crippen molar-refractivity contribution in [1.29, 1.82) is 0 Å². The van der Waals surface area contributed by atoms with Gasteiger partial charge < -0.3 is 14.8 Å². The minimum Gasteiger partial charge on any atom is -0.327 e. The number of hydrogen-bond donors (Lipinski definition) is 1. The Morgan fingerprint density at radius 3 is 2.95 bits per heavy atom. The molecular weight excluding hydrogens is 260 g/mol. The van der Waals surface area contributed by atoms with E-state index in [2.05, 4.69) is 53.0 Å². The van der Waals surface area contributed by atoms with E-state index in [-0.39, 0.29) is 0 Å². The van der Waals surface area contributed by atoms with Gasteiger partial charge >= 0.3 is 0 Å². The zero-order valence-corrected chi connectivity index (χ0v) is 13.2. The second-order valence-electron chi connectivity index (χ2n) is 6.22. The molecule has 4 nitrogen and oxygen atoms in total. The number of likely N-dealkylation sites (tertiary alicyclic amines) is 1. The fourth-order valence-corrected chi connectivity index (χ4v) is 3.31. The van der Waals surface area contributed by atoms with E-state index in [0.29, 0.717) is 0 Å². The highest BCUT2D eigenvalue weighted by Gasteiger charge is 2.19. The molecule has 1 atom stereocenters. The van der Waals surface area contributed by atoms with Gasteiger partial charge in [-0.3, -0.25) is 0 Å². The summed E-state index contributed by atoms with van der Waals surface area (Å²) < 4.78 is 2.36. The molecule has 2 heterocycles. The molecule has 0 saturated carbocycles. The van der Waals surface area contributed by atoms with E-state index in [4.69, 9.17) is 4.98 Å². The number of rotatable bonds is 6. The number of nitrogens with zero attached hydrogens (tertiary/aromatic N) is 3. The number of para-hydroxylation sites is 2.